The highest BCUT2D eigenvalue weighted by atomic mass is 32.2. The summed E-state index contributed by atoms with van der Waals surface area (Å²) in [4.78, 5) is 18.1. The number of amides is 1. The van der Waals surface area contributed by atoms with Crippen molar-refractivity contribution in [2.45, 2.75) is 58.3 Å². The summed E-state index contributed by atoms with van der Waals surface area (Å²) in [5.41, 5.74) is 10.4. The van der Waals surface area contributed by atoms with E-state index in [1.54, 1.807) is 42.7 Å². The first-order chi connectivity index (χ1) is 19.6. The Morgan fingerprint density at radius 2 is 1.86 bits per heavy atom. The number of methoxy groups -OCH3 is 1. The standard InChI is InChI=1S/C30H41N7O4S/c1-18-11-12-20(13-25(18)37(32)17-22(31)26-16-33-28(36(26)5)19-9-8-10-19)29(38)34-23-14-21(30(2,3)4)15-24(27(23)41-6)35-42(7,39)40/h11-17,19,35H,8-10,31-32H2,1-7H3,(H,34,38)/b22-17-. The number of hydrogen-bond donors (Lipinski definition) is 4. The molecule has 2 aromatic carbocycles. The first-order valence-corrected chi connectivity index (χ1v) is 15.6. The van der Waals surface area contributed by atoms with E-state index < -0.39 is 15.9 Å². The summed E-state index contributed by atoms with van der Waals surface area (Å²) in [6, 6.07) is 8.65. The number of ether oxygens (including phenoxy) is 1. The topological polar surface area (TPSA) is 158 Å². The third-order valence-corrected chi connectivity index (χ3v) is 8.11. The molecule has 1 saturated carbocycles. The molecule has 11 nitrogen and oxygen atoms in total. The van der Waals surface area contributed by atoms with Gasteiger partial charge in [-0.3, -0.25) is 14.5 Å². The van der Waals surface area contributed by atoms with Crippen LogP contribution in [-0.4, -0.2) is 37.2 Å². The van der Waals surface area contributed by atoms with Crippen LogP contribution >= 0.6 is 0 Å². The number of nitrogens with zero attached hydrogens (tertiary/aromatic N) is 3. The summed E-state index contributed by atoms with van der Waals surface area (Å²) >= 11 is 0. The molecule has 1 aromatic heterocycles. The number of carbonyl (C=O) groups excluding carboxylic acids is 1. The van der Waals surface area contributed by atoms with Crippen LogP contribution in [0.5, 0.6) is 5.75 Å². The van der Waals surface area contributed by atoms with E-state index in [4.69, 9.17) is 16.3 Å². The number of imidazole rings is 1. The maximum atomic E-state index is 13.5. The zero-order chi connectivity index (χ0) is 31.0. The quantitative estimate of drug-likeness (QED) is 0.207. The zero-order valence-corrected chi connectivity index (χ0v) is 26.1. The van der Waals surface area contributed by atoms with Gasteiger partial charge in [0.1, 0.15) is 5.82 Å². The number of rotatable bonds is 9. The van der Waals surface area contributed by atoms with Gasteiger partial charge in [-0.15, -0.1) is 0 Å². The summed E-state index contributed by atoms with van der Waals surface area (Å²) in [5, 5.41) is 4.29. The van der Waals surface area contributed by atoms with Crippen LogP contribution in [-0.2, 0) is 22.5 Å². The Bertz CT molecular complexity index is 1630. The molecular weight excluding hydrogens is 554 g/mol. The predicted octanol–water partition coefficient (Wildman–Crippen LogP) is 4.56. The molecule has 42 heavy (non-hydrogen) atoms. The molecule has 3 aromatic rings. The van der Waals surface area contributed by atoms with Gasteiger partial charge in [0.05, 0.1) is 48.0 Å². The van der Waals surface area contributed by atoms with Crippen LogP contribution < -0.4 is 31.4 Å². The predicted molar refractivity (Wildman–Crippen MR) is 168 cm³/mol. The Morgan fingerprint density at radius 1 is 1.19 bits per heavy atom. The number of nitrogens with one attached hydrogen (secondary N) is 2. The van der Waals surface area contributed by atoms with E-state index in [2.05, 4.69) is 15.0 Å². The lowest BCUT2D eigenvalue weighted by Gasteiger charge is -2.25. The molecule has 1 fully saturated rings. The molecule has 0 spiro atoms. The van der Waals surface area contributed by atoms with Crippen LogP contribution in [0.15, 0.2) is 42.7 Å². The van der Waals surface area contributed by atoms with Gasteiger partial charge < -0.3 is 20.4 Å². The minimum Gasteiger partial charge on any atom is -0.492 e. The number of benzene rings is 2. The highest BCUT2D eigenvalue weighted by Crippen LogP contribution is 2.39. The molecule has 226 valence electrons. The maximum Gasteiger partial charge on any atom is 0.255 e. The highest BCUT2D eigenvalue weighted by Gasteiger charge is 2.25. The van der Waals surface area contributed by atoms with Crippen molar-refractivity contribution in [2.75, 3.05) is 28.4 Å². The van der Waals surface area contributed by atoms with Crippen LogP contribution in [0.4, 0.5) is 17.1 Å². The van der Waals surface area contributed by atoms with Crippen molar-refractivity contribution >= 4 is 38.7 Å². The fraction of sp³-hybridized carbons (Fsp3) is 0.400. The lowest BCUT2D eigenvalue weighted by Crippen LogP contribution is -2.27. The van der Waals surface area contributed by atoms with Crippen molar-refractivity contribution in [3.63, 3.8) is 0 Å². The number of carbonyl (C=O) groups is 1. The molecule has 1 amide bonds. The second-order valence-electron chi connectivity index (χ2n) is 11.9. The Labute approximate surface area is 248 Å². The van der Waals surface area contributed by atoms with Gasteiger partial charge >= 0.3 is 0 Å². The van der Waals surface area contributed by atoms with Crippen LogP contribution in [0, 0.1) is 6.92 Å². The molecule has 0 aliphatic heterocycles. The van der Waals surface area contributed by atoms with Crippen molar-refractivity contribution in [1.82, 2.24) is 9.55 Å². The fourth-order valence-corrected chi connectivity index (χ4v) is 5.45. The van der Waals surface area contributed by atoms with Crippen molar-refractivity contribution in [1.29, 1.82) is 0 Å². The Hall–Kier alpha value is -4.03. The van der Waals surface area contributed by atoms with Crippen molar-refractivity contribution in [2.24, 2.45) is 18.6 Å². The van der Waals surface area contributed by atoms with Gasteiger partial charge in [-0.25, -0.2) is 19.2 Å². The molecule has 0 unspecified atom stereocenters. The second-order valence-corrected chi connectivity index (χ2v) is 13.6. The smallest absolute Gasteiger partial charge is 0.255 e. The number of anilines is 3. The molecule has 0 radical (unpaired) electrons. The SMILES string of the molecule is COc1c(NC(=O)c2ccc(C)c(N(N)/C=C(\N)c3cnc(C4CCC4)n3C)c2)cc(C(C)(C)C)cc1NS(C)(=O)=O. The minimum absolute atomic E-state index is 0.197. The van der Waals surface area contributed by atoms with Gasteiger partial charge in [-0.1, -0.05) is 33.3 Å². The minimum atomic E-state index is -3.61. The van der Waals surface area contributed by atoms with Crippen LogP contribution in [0.3, 0.4) is 0 Å². The molecule has 0 saturated heterocycles. The van der Waals surface area contributed by atoms with Gasteiger partial charge in [0.2, 0.25) is 10.0 Å². The van der Waals surface area contributed by atoms with Gasteiger partial charge in [0, 0.05) is 24.7 Å². The van der Waals surface area contributed by atoms with E-state index in [9.17, 15) is 13.2 Å². The van der Waals surface area contributed by atoms with Crippen LogP contribution in [0.25, 0.3) is 5.70 Å². The lowest BCUT2D eigenvalue weighted by atomic mass is 9.85. The normalized spacial score (nSPS) is 14.3. The Kier molecular flexibility index (Phi) is 8.60. The van der Waals surface area contributed by atoms with Crippen molar-refractivity contribution in [3.8, 4) is 5.75 Å². The van der Waals surface area contributed by atoms with Gasteiger partial charge in [0.25, 0.3) is 5.91 Å². The summed E-state index contributed by atoms with van der Waals surface area (Å²) in [6.07, 6.45) is 7.91. The third kappa shape index (κ3) is 6.71. The largest absolute Gasteiger partial charge is 0.492 e. The molecule has 1 aliphatic carbocycles. The summed E-state index contributed by atoms with van der Waals surface area (Å²) in [7, 11) is -0.239. The van der Waals surface area contributed by atoms with Crippen molar-refractivity contribution < 1.29 is 17.9 Å². The van der Waals surface area contributed by atoms with E-state index in [1.807, 2.05) is 39.3 Å². The molecule has 12 heteroatoms. The first kappa shape index (κ1) is 30.9. The average Bonchev–Trinajstić information content (AvgIpc) is 3.22. The van der Waals surface area contributed by atoms with E-state index in [1.165, 1.54) is 18.5 Å². The monoisotopic (exact) mass is 595 g/mol. The van der Waals surface area contributed by atoms with E-state index in [0.29, 0.717) is 28.6 Å². The lowest BCUT2D eigenvalue weighted by molar-refractivity contribution is 0.102. The molecule has 0 bridgehead atoms. The molecule has 4 rings (SSSR count). The highest BCUT2D eigenvalue weighted by molar-refractivity contribution is 7.92. The fourth-order valence-electron chi connectivity index (χ4n) is 4.90. The van der Waals surface area contributed by atoms with Crippen LogP contribution in [0.2, 0.25) is 0 Å². The number of aryl methyl sites for hydroxylation is 1. The van der Waals surface area contributed by atoms with Gasteiger partial charge in [-0.2, -0.15) is 0 Å². The number of sulfonamides is 1. The first-order valence-electron chi connectivity index (χ1n) is 13.7. The Morgan fingerprint density at radius 3 is 2.43 bits per heavy atom. The van der Waals surface area contributed by atoms with Gasteiger partial charge in [-0.05, 0) is 60.6 Å². The summed E-state index contributed by atoms with van der Waals surface area (Å²) < 4.78 is 34.2. The van der Waals surface area contributed by atoms with E-state index >= 15 is 0 Å². The summed E-state index contributed by atoms with van der Waals surface area (Å²) in [6.45, 7) is 7.86. The molecule has 0 atom stereocenters. The third-order valence-electron chi connectivity index (χ3n) is 7.52. The number of aromatic nitrogens is 2. The van der Waals surface area contributed by atoms with Crippen LogP contribution in [0.1, 0.15) is 79.0 Å². The number of hydrazine groups is 1. The molecule has 6 N–H and O–H groups in total. The maximum absolute atomic E-state index is 13.5. The van der Waals surface area contributed by atoms with Crippen molar-refractivity contribution in [3.05, 3.63) is 70.9 Å². The number of hydrogen-bond acceptors (Lipinski definition) is 8. The number of nitrogens with two attached hydrogens (primary N) is 2. The molecule has 1 aliphatic rings. The Balaban J connectivity index is 1.64. The van der Waals surface area contributed by atoms with Gasteiger partial charge in [0.15, 0.2) is 5.75 Å². The zero-order valence-electron chi connectivity index (χ0n) is 25.3. The molecular formula is C30H41N7O4S. The second kappa shape index (κ2) is 11.7. The average molecular weight is 596 g/mol. The van der Waals surface area contributed by atoms with E-state index in [0.717, 1.165) is 41.7 Å². The molecule has 1 heterocycles. The van der Waals surface area contributed by atoms with E-state index in [-0.39, 0.29) is 16.9 Å². The summed E-state index contributed by atoms with van der Waals surface area (Å²) in [5.74, 6) is 7.69.